The number of anilines is 1. The summed E-state index contributed by atoms with van der Waals surface area (Å²) < 4.78 is 0. The summed E-state index contributed by atoms with van der Waals surface area (Å²) in [7, 11) is 0. The van der Waals surface area contributed by atoms with Crippen LogP contribution in [0.4, 0.5) is 5.69 Å². The van der Waals surface area contributed by atoms with Crippen molar-refractivity contribution < 1.29 is 4.79 Å². The second kappa shape index (κ2) is 6.04. The molecule has 3 N–H and O–H groups in total. The van der Waals surface area contributed by atoms with E-state index in [1.54, 1.807) is 12.4 Å². The molecule has 1 aromatic carbocycles. The fraction of sp³-hybridized carbons (Fsp3) is 0.286. The highest BCUT2D eigenvalue weighted by molar-refractivity contribution is 5.94. The second-order valence-corrected chi connectivity index (χ2v) is 4.28. The van der Waals surface area contributed by atoms with Crippen molar-refractivity contribution >= 4 is 11.6 Å². The van der Waals surface area contributed by atoms with Crippen LogP contribution in [0.15, 0.2) is 30.6 Å². The van der Waals surface area contributed by atoms with Gasteiger partial charge in [0.25, 0.3) is 5.91 Å². The summed E-state index contributed by atoms with van der Waals surface area (Å²) in [4.78, 5) is 19.0. The average Bonchev–Trinajstić information content (AvgIpc) is 2.91. The first-order chi connectivity index (χ1) is 9.20. The molecule has 1 amide bonds. The van der Waals surface area contributed by atoms with E-state index in [0.29, 0.717) is 12.1 Å². The van der Waals surface area contributed by atoms with E-state index in [2.05, 4.69) is 20.6 Å². The van der Waals surface area contributed by atoms with Crippen LogP contribution in [-0.4, -0.2) is 22.4 Å². The first-order valence-corrected chi connectivity index (χ1v) is 6.31. The summed E-state index contributed by atoms with van der Waals surface area (Å²) in [5.74, 6) is 0.650. The Kier molecular flexibility index (Phi) is 4.18. The van der Waals surface area contributed by atoms with E-state index in [1.165, 1.54) is 0 Å². The van der Waals surface area contributed by atoms with Crippen molar-refractivity contribution in [3.63, 3.8) is 0 Å². The number of carbonyl (C=O) groups excluding carboxylic acids is 1. The molecular weight excluding hydrogens is 240 g/mol. The number of aromatic nitrogens is 2. The van der Waals surface area contributed by atoms with E-state index in [9.17, 15) is 4.79 Å². The first-order valence-electron chi connectivity index (χ1n) is 6.31. The molecule has 0 spiro atoms. The number of H-pyrrole nitrogens is 1. The summed E-state index contributed by atoms with van der Waals surface area (Å²) >= 11 is 0. The first kappa shape index (κ1) is 13.1. The smallest absolute Gasteiger partial charge is 0.251 e. The minimum absolute atomic E-state index is 0.0949. The van der Waals surface area contributed by atoms with Gasteiger partial charge in [0.1, 0.15) is 5.82 Å². The number of hydrogen-bond acceptors (Lipinski definition) is 3. The molecule has 0 fully saturated rings. The van der Waals surface area contributed by atoms with Crippen LogP contribution in [0.25, 0.3) is 0 Å². The van der Waals surface area contributed by atoms with Gasteiger partial charge in [-0.2, -0.15) is 0 Å². The molecule has 0 atom stereocenters. The zero-order valence-electron chi connectivity index (χ0n) is 11.2. The van der Waals surface area contributed by atoms with E-state index >= 15 is 0 Å². The minimum Gasteiger partial charge on any atom is -0.385 e. The summed E-state index contributed by atoms with van der Waals surface area (Å²) in [6, 6.07) is 5.64. The van der Waals surface area contributed by atoms with Crippen LogP contribution in [0.5, 0.6) is 0 Å². The van der Waals surface area contributed by atoms with Gasteiger partial charge in [-0.25, -0.2) is 4.98 Å². The molecule has 0 aliphatic heterocycles. The molecule has 100 valence electrons. The summed E-state index contributed by atoms with van der Waals surface area (Å²) in [6.07, 6.45) is 3.40. The van der Waals surface area contributed by atoms with Crippen molar-refractivity contribution in [1.29, 1.82) is 0 Å². The van der Waals surface area contributed by atoms with Crippen LogP contribution in [0.2, 0.25) is 0 Å². The number of hydrogen-bond donors (Lipinski definition) is 3. The topological polar surface area (TPSA) is 69.8 Å². The number of nitrogens with zero attached hydrogens (tertiary/aromatic N) is 1. The zero-order valence-corrected chi connectivity index (χ0v) is 11.2. The Hall–Kier alpha value is -2.30. The SMILES string of the molecule is CCNc1ccc(C(=O)NCc2ncc[nH]2)cc1C. The molecule has 2 aromatic rings. The van der Waals surface area contributed by atoms with Crippen LogP contribution in [0.1, 0.15) is 28.7 Å². The van der Waals surface area contributed by atoms with E-state index in [1.807, 2.05) is 32.0 Å². The lowest BCUT2D eigenvalue weighted by Crippen LogP contribution is -2.23. The maximum Gasteiger partial charge on any atom is 0.251 e. The highest BCUT2D eigenvalue weighted by atomic mass is 16.1. The van der Waals surface area contributed by atoms with Crippen molar-refractivity contribution in [2.75, 3.05) is 11.9 Å². The van der Waals surface area contributed by atoms with Crippen LogP contribution in [0, 0.1) is 6.92 Å². The van der Waals surface area contributed by atoms with Crippen LogP contribution >= 0.6 is 0 Å². The molecule has 0 aliphatic carbocycles. The maximum atomic E-state index is 12.0. The Morgan fingerprint density at radius 1 is 1.42 bits per heavy atom. The van der Waals surface area contributed by atoms with Crippen LogP contribution in [0.3, 0.4) is 0 Å². The molecule has 1 heterocycles. The van der Waals surface area contributed by atoms with Crippen LogP contribution < -0.4 is 10.6 Å². The number of rotatable bonds is 5. The standard InChI is InChI=1S/C14H18N4O/c1-3-15-12-5-4-11(8-10(12)2)14(19)18-9-13-16-6-7-17-13/h4-8,15H,3,9H2,1-2H3,(H,16,17)(H,18,19). The van der Waals surface area contributed by atoms with Gasteiger partial charge in [0.2, 0.25) is 0 Å². The van der Waals surface area contributed by atoms with Gasteiger partial charge in [-0.3, -0.25) is 4.79 Å². The molecule has 0 saturated heterocycles. The van der Waals surface area contributed by atoms with E-state index in [0.717, 1.165) is 23.6 Å². The fourth-order valence-corrected chi connectivity index (χ4v) is 1.85. The minimum atomic E-state index is -0.0949. The van der Waals surface area contributed by atoms with Gasteiger partial charge in [0.05, 0.1) is 6.54 Å². The molecule has 19 heavy (non-hydrogen) atoms. The predicted octanol–water partition coefficient (Wildman–Crippen LogP) is 2.08. The molecular formula is C14H18N4O. The molecule has 0 bridgehead atoms. The van der Waals surface area contributed by atoms with Gasteiger partial charge in [-0.15, -0.1) is 0 Å². The lowest BCUT2D eigenvalue weighted by atomic mass is 10.1. The lowest BCUT2D eigenvalue weighted by Gasteiger charge is -2.09. The normalized spacial score (nSPS) is 10.2. The van der Waals surface area contributed by atoms with Crippen molar-refractivity contribution in [2.24, 2.45) is 0 Å². The van der Waals surface area contributed by atoms with E-state index in [4.69, 9.17) is 0 Å². The molecule has 0 radical (unpaired) electrons. The Bertz CT molecular complexity index is 549. The third-order valence-corrected chi connectivity index (χ3v) is 2.83. The molecule has 5 heteroatoms. The number of nitrogens with one attached hydrogen (secondary N) is 3. The molecule has 0 saturated carbocycles. The van der Waals surface area contributed by atoms with Gasteiger partial charge in [-0.05, 0) is 37.6 Å². The molecule has 1 aromatic heterocycles. The number of aromatic amines is 1. The number of amides is 1. The van der Waals surface area contributed by atoms with Crippen molar-refractivity contribution in [3.8, 4) is 0 Å². The summed E-state index contributed by atoms with van der Waals surface area (Å²) in [5, 5.41) is 6.08. The quantitative estimate of drug-likeness (QED) is 0.769. The molecule has 0 aliphatic rings. The number of imidazole rings is 1. The van der Waals surface area contributed by atoms with Crippen molar-refractivity contribution in [2.45, 2.75) is 20.4 Å². The highest BCUT2D eigenvalue weighted by Gasteiger charge is 2.07. The molecule has 5 nitrogen and oxygen atoms in total. The summed E-state index contributed by atoms with van der Waals surface area (Å²) in [5.41, 5.74) is 2.78. The average molecular weight is 258 g/mol. The Morgan fingerprint density at radius 3 is 2.89 bits per heavy atom. The summed E-state index contributed by atoms with van der Waals surface area (Å²) in [6.45, 7) is 5.30. The monoisotopic (exact) mass is 258 g/mol. The van der Waals surface area contributed by atoms with Gasteiger partial charge >= 0.3 is 0 Å². The van der Waals surface area contributed by atoms with Crippen molar-refractivity contribution in [3.05, 3.63) is 47.5 Å². The van der Waals surface area contributed by atoms with Gasteiger partial charge in [-0.1, -0.05) is 0 Å². The highest BCUT2D eigenvalue weighted by Crippen LogP contribution is 2.16. The van der Waals surface area contributed by atoms with Gasteiger partial charge in [0, 0.05) is 30.2 Å². The van der Waals surface area contributed by atoms with E-state index < -0.39 is 0 Å². The lowest BCUT2D eigenvalue weighted by molar-refractivity contribution is 0.0950. The second-order valence-electron chi connectivity index (χ2n) is 4.28. The number of aryl methyl sites for hydroxylation is 1. The molecule has 2 rings (SSSR count). The zero-order chi connectivity index (χ0) is 13.7. The Labute approximate surface area is 112 Å². The number of carbonyl (C=O) groups is 1. The van der Waals surface area contributed by atoms with Crippen molar-refractivity contribution in [1.82, 2.24) is 15.3 Å². The van der Waals surface area contributed by atoms with Crippen LogP contribution in [-0.2, 0) is 6.54 Å². The number of benzene rings is 1. The Morgan fingerprint density at radius 2 is 2.26 bits per heavy atom. The third-order valence-electron chi connectivity index (χ3n) is 2.83. The third kappa shape index (κ3) is 3.34. The maximum absolute atomic E-state index is 12.0. The largest absolute Gasteiger partial charge is 0.385 e. The van der Waals surface area contributed by atoms with Gasteiger partial charge in [0.15, 0.2) is 0 Å². The Balaban J connectivity index is 2.01. The fourth-order valence-electron chi connectivity index (χ4n) is 1.85. The van der Waals surface area contributed by atoms with E-state index in [-0.39, 0.29) is 5.91 Å². The molecule has 0 unspecified atom stereocenters. The predicted molar refractivity (Wildman–Crippen MR) is 75.1 cm³/mol. The van der Waals surface area contributed by atoms with Gasteiger partial charge < -0.3 is 15.6 Å².